The minimum Gasteiger partial charge on any atom is -0.480 e. The maximum absolute atomic E-state index is 11.7. The highest BCUT2D eigenvalue weighted by molar-refractivity contribution is 5.87. The molecule has 0 aromatic carbocycles. The van der Waals surface area contributed by atoms with Crippen molar-refractivity contribution in [2.75, 3.05) is 0 Å². The summed E-state index contributed by atoms with van der Waals surface area (Å²) in [5, 5.41) is 12.0. The predicted octanol–water partition coefficient (Wildman–Crippen LogP) is 1.02. The van der Waals surface area contributed by atoms with Crippen LogP contribution in [-0.2, 0) is 9.59 Å². The Morgan fingerprint density at radius 3 is 2.41 bits per heavy atom. The van der Waals surface area contributed by atoms with Crippen molar-refractivity contribution in [3.05, 3.63) is 0 Å². The summed E-state index contributed by atoms with van der Waals surface area (Å²) in [5.74, 6) is -1.11. The van der Waals surface area contributed by atoms with Gasteiger partial charge in [-0.05, 0) is 26.2 Å². The molecule has 0 bridgehead atoms. The van der Waals surface area contributed by atoms with Gasteiger partial charge in [0.15, 0.2) is 0 Å². The van der Waals surface area contributed by atoms with Crippen LogP contribution in [0.25, 0.3) is 0 Å². The Kier molecular flexibility index (Phi) is 4.93. The van der Waals surface area contributed by atoms with E-state index in [9.17, 15) is 14.7 Å². The van der Waals surface area contributed by atoms with Gasteiger partial charge in [0.25, 0.3) is 0 Å². The summed E-state index contributed by atoms with van der Waals surface area (Å²) in [7, 11) is 0. The number of carboxylic acids is 1. The summed E-state index contributed by atoms with van der Waals surface area (Å²) >= 11 is 0. The minimum atomic E-state index is -1.03. The lowest BCUT2D eigenvalue weighted by Gasteiger charge is -2.34. The van der Waals surface area contributed by atoms with Crippen LogP contribution in [0.3, 0.4) is 0 Å². The van der Waals surface area contributed by atoms with Crippen molar-refractivity contribution in [2.24, 2.45) is 5.73 Å². The molecule has 1 aliphatic rings. The number of aliphatic carboxylic acids is 1. The summed E-state index contributed by atoms with van der Waals surface area (Å²) < 4.78 is 0. The van der Waals surface area contributed by atoms with Gasteiger partial charge < -0.3 is 16.2 Å². The summed E-state index contributed by atoms with van der Waals surface area (Å²) in [6.45, 7) is 1.83. The Balaban J connectivity index is 2.54. The second-order valence-electron chi connectivity index (χ2n) is 5.01. The Morgan fingerprint density at radius 1 is 1.35 bits per heavy atom. The van der Waals surface area contributed by atoms with Crippen LogP contribution in [0.4, 0.5) is 0 Å². The Morgan fingerprint density at radius 2 is 1.94 bits per heavy atom. The second-order valence-corrected chi connectivity index (χ2v) is 5.01. The Hall–Kier alpha value is -1.10. The fraction of sp³-hybridized carbons (Fsp3) is 0.833. The van der Waals surface area contributed by atoms with Crippen molar-refractivity contribution in [3.8, 4) is 0 Å². The van der Waals surface area contributed by atoms with E-state index in [1.54, 1.807) is 0 Å². The molecule has 1 fully saturated rings. The highest BCUT2D eigenvalue weighted by Gasteiger charge is 2.40. The topological polar surface area (TPSA) is 92.4 Å². The standard InChI is InChI=1S/C12H22N2O3/c1-9(13)5-6-10(15)14-12(11(16)17)7-3-2-4-8-12/h9H,2-8,13H2,1H3,(H,14,15)(H,16,17). The van der Waals surface area contributed by atoms with Crippen LogP contribution in [0.1, 0.15) is 51.9 Å². The summed E-state index contributed by atoms with van der Waals surface area (Å²) in [5.41, 5.74) is 4.54. The molecule has 0 spiro atoms. The molecule has 1 amide bonds. The summed E-state index contributed by atoms with van der Waals surface area (Å²) in [6.07, 6.45) is 4.72. The molecule has 0 heterocycles. The van der Waals surface area contributed by atoms with E-state index in [4.69, 9.17) is 5.73 Å². The first kappa shape index (κ1) is 14.0. The maximum atomic E-state index is 11.7. The first-order chi connectivity index (χ1) is 7.96. The number of carbonyl (C=O) groups excluding carboxylic acids is 1. The first-order valence-electron chi connectivity index (χ1n) is 6.26. The molecule has 1 unspecified atom stereocenters. The fourth-order valence-corrected chi connectivity index (χ4v) is 2.24. The van der Waals surface area contributed by atoms with Crippen LogP contribution >= 0.6 is 0 Å². The molecule has 0 aromatic rings. The average Bonchev–Trinajstić information content (AvgIpc) is 2.27. The smallest absolute Gasteiger partial charge is 0.329 e. The van der Waals surface area contributed by atoms with Gasteiger partial charge in [-0.1, -0.05) is 19.3 Å². The molecule has 5 heteroatoms. The normalized spacial score (nSPS) is 20.6. The van der Waals surface area contributed by atoms with E-state index >= 15 is 0 Å². The maximum Gasteiger partial charge on any atom is 0.329 e. The first-order valence-corrected chi connectivity index (χ1v) is 6.26. The molecule has 1 saturated carbocycles. The number of carbonyl (C=O) groups is 2. The van der Waals surface area contributed by atoms with Gasteiger partial charge in [-0.15, -0.1) is 0 Å². The number of rotatable bonds is 5. The molecule has 0 saturated heterocycles. The zero-order valence-electron chi connectivity index (χ0n) is 10.4. The molecular weight excluding hydrogens is 220 g/mol. The molecule has 0 radical (unpaired) electrons. The van der Waals surface area contributed by atoms with E-state index in [1.165, 1.54) is 0 Å². The van der Waals surface area contributed by atoms with Crippen LogP contribution in [0, 0.1) is 0 Å². The van der Waals surface area contributed by atoms with Crippen molar-refractivity contribution in [1.82, 2.24) is 5.32 Å². The molecule has 4 N–H and O–H groups in total. The van der Waals surface area contributed by atoms with Crippen molar-refractivity contribution in [2.45, 2.75) is 63.5 Å². The third-order valence-corrected chi connectivity index (χ3v) is 3.32. The van der Waals surface area contributed by atoms with Crippen LogP contribution in [0.5, 0.6) is 0 Å². The molecule has 1 atom stereocenters. The Bertz CT molecular complexity index is 283. The minimum absolute atomic E-state index is 0.0344. The molecule has 1 rings (SSSR count). The third kappa shape index (κ3) is 4.00. The van der Waals surface area contributed by atoms with Gasteiger partial charge in [0, 0.05) is 12.5 Å². The van der Waals surface area contributed by atoms with Crippen molar-refractivity contribution < 1.29 is 14.7 Å². The Labute approximate surface area is 102 Å². The number of nitrogens with one attached hydrogen (secondary N) is 1. The van der Waals surface area contributed by atoms with Gasteiger partial charge in [0.05, 0.1) is 0 Å². The monoisotopic (exact) mass is 242 g/mol. The molecule has 5 nitrogen and oxygen atoms in total. The van der Waals surface area contributed by atoms with Gasteiger partial charge >= 0.3 is 5.97 Å². The number of nitrogens with two attached hydrogens (primary N) is 1. The lowest BCUT2D eigenvalue weighted by Crippen LogP contribution is -2.55. The lowest BCUT2D eigenvalue weighted by atomic mass is 9.81. The van der Waals surface area contributed by atoms with Crippen molar-refractivity contribution in [1.29, 1.82) is 0 Å². The van der Waals surface area contributed by atoms with E-state index in [2.05, 4.69) is 5.32 Å². The number of amides is 1. The van der Waals surface area contributed by atoms with E-state index in [1.807, 2.05) is 6.92 Å². The van der Waals surface area contributed by atoms with Crippen LogP contribution in [0.2, 0.25) is 0 Å². The van der Waals surface area contributed by atoms with Gasteiger partial charge in [-0.3, -0.25) is 4.79 Å². The average molecular weight is 242 g/mol. The number of hydrogen-bond donors (Lipinski definition) is 3. The third-order valence-electron chi connectivity index (χ3n) is 3.32. The van der Waals surface area contributed by atoms with Crippen LogP contribution in [-0.4, -0.2) is 28.6 Å². The van der Waals surface area contributed by atoms with Gasteiger partial charge in [0.1, 0.15) is 5.54 Å². The number of hydrogen-bond acceptors (Lipinski definition) is 3. The van der Waals surface area contributed by atoms with Gasteiger partial charge in [0.2, 0.25) is 5.91 Å². The van der Waals surface area contributed by atoms with Crippen LogP contribution in [0.15, 0.2) is 0 Å². The van der Waals surface area contributed by atoms with Crippen molar-refractivity contribution >= 4 is 11.9 Å². The molecule has 0 aliphatic heterocycles. The van der Waals surface area contributed by atoms with Gasteiger partial charge in [-0.25, -0.2) is 4.79 Å². The zero-order chi connectivity index (χ0) is 12.9. The highest BCUT2D eigenvalue weighted by Crippen LogP contribution is 2.28. The van der Waals surface area contributed by atoms with E-state index in [-0.39, 0.29) is 11.9 Å². The number of carboxylic acid groups (broad SMARTS) is 1. The molecule has 17 heavy (non-hydrogen) atoms. The highest BCUT2D eigenvalue weighted by atomic mass is 16.4. The summed E-state index contributed by atoms with van der Waals surface area (Å²) in [4.78, 5) is 23.0. The van der Waals surface area contributed by atoms with Gasteiger partial charge in [-0.2, -0.15) is 0 Å². The predicted molar refractivity (Wildman–Crippen MR) is 64.5 cm³/mol. The molecule has 0 aromatic heterocycles. The second kappa shape index (κ2) is 6.00. The molecular formula is C12H22N2O3. The lowest BCUT2D eigenvalue weighted by molar-refractivity contribution is -0.149. The van der Waals surface area contributed by atoms with E-state index < -0.39 is 11.5 Å². The fourth-order valence-electron chi connectivity index (χ4n) is 2.24. The largest absolute Gasteiger partial charge is 0.480 e. The summed E-state index contributed by atoms with van der Waals surface area (Å²) in [6, 6.07) is -0.0344. The van der Waals surface area contributed by atoms with E-state index in [0.717, 1.165) is 19.3 Å². The van der Waals surface area contributed by atoms with E-state index in [0.29, 0.717) is 25.7 Å². The SMILES string of the molecule is CC(N)CCC(=O)NC1(C(=O)O)CCCCC1. The zero-order valence-corrected chi connectivity index (χ0v) is 10.4. The van der Waals surface area contributed by atoms with Crippen molar-refractivity contribution in [3.63, 3.8) is 0 Å². The quantitative estimate of drug-likeness (QED) is 0.671. The molecule has 1 aliphatic carbocycles. The molecule has 98 valence electrons. The van der Waals surface area contributed by atoms with Crippen LogP contribution < -0.4 is 11.1 Å².